The topological polar surface area (TPSA) is 25.8 Å². The lowest BCUT2D eigenvalue weighted by atomic mass is 9.67. The number of hydrogen-bond acceptors (Lipinski definition) is 2. The third-order valence-electron chi connectivity index (χ3n) is 8.66. The molecule has 0 saturated heterocycles. The summed E-state index contributed by atoms with van der Waals surface area (Å²) in [6.45, 7) is 0. The van der Waals surface area contributed by atoms with Crippen molar-refractivity contribution in [2.75, 3.05) is 0 Å². The largest absolute Gasteiger partial charge is 0.246 e. The van der Waals surface area contributed by atoms with Gasteiger partial charge in [0, 0.05) is 5.56 Å². The lowest BCUT2D eigenvalue weighted by Gasteiger charge is -2.34. The van der Waals surface area contributed by atoms with Gasteiger partial charge in [0.05, 0.1) is 22.5 Å². The summed E-state index contributed by atoms with van der Waals surface area (Å²) in [6, 6.07) is 58.4. The molecule has 2 nitrogen and oxygen atoms in total. The van der Waals surface area contributed by atoms with Gasteiger partial charge in [0.25, 0.3) is 0 Å². The Kier molecular flexibility index (Phi) is 6.54. The van der Waals surface area contributed by atoms with Gasteiger partial charge in [-0.15, -0.1) is 0 Å². The van der Waals surface area contributed by atoms with Crippen molar-refractivity contribution in [1.29, 1.82) is 0 Å². The van der Waals surface area contributed by atoms with Crippen molar-refractivity contribution in [1.82, 2.24) is 9.97 Å². The minimum atomic E-state index is -0.450. The summed E-state index contributed by atoms with van der Waals surface area (Å²) in [5, 5.41) is 0. The first-order chi connectivity index (χ1) is 21.7. The molecule has 1 aliphatic carbocycles. The van der Waals surface area contributed by atoms with Crippen LogP contribution in [0.25, 0.3) is 44.9 Å². The van der Waals surface area contributed by atoms with E-state index in [-0.39, 0.29) is 0 Å². The lowest BCUT2D eigenvalue weighted by Crippen LogP contribution is -2.28. The fourth-order valence-corrected chi connectivity index (χ4v) is 7.10. The summed E-state index contributed by atoms with van der Waals surface area (Å²) >= 11 is 3.55. The van der Waals surface area contributed by atoms with Gasteiger partial charge in [-0.05, 0) is 90.8 Å². The van der Waals surface area contributed by atoms with Crippen LogP contribution in [0.4, 0.5) is 0 Å². The molecular formula is C41H27BrN2. The van der Waals surface area contributed by atoms with E-state index >= 15 is 0 Å². The molecule has 0 spiro atoms. The van der Waals surface area contributed by atoms with Crippen LogP contribution in [0, 0.1) is 0 Å². The van der Waals surface area contributed by atoms with Crippen LogP contribution in [0.3, 0.4) is 0 Å². The van der Waals surface area contributed by atoms with E-state index in [4.69, 9.17) is 9.97 Å². The van der Waals surface area contributed by atoms with E-state index in [1.54, 1.807) is 0 Å². The highest BCUT2D eigenvalue weighted by Gasteiger charge is 2.46. The smallest absolute Gasteiger partial charge is 0.106 e. The van der Waals surface area contributed by atoms with Gasteiger partial charge >= 0.3 is 0 Å². The predicted octanol–water partition coefficient (Wildman–Crippen LogP) is 10.6. The molecule has 1 aliphatic rings. The maximum Gasteiger partial charge on any atom is 0.106 e. The molecular weight excluding hydrogens is 600 g/mol. The van der Waals surface area contributed by atoms with Gasteiger partial charge in [0.15, 0.2) is 0 Å². The van der Waals surface area contributed by atoms with Crippen LogP contribution in [0.5, 0.6) is 0 Å². The van der Waals surface area contributed by atoms with E-state index in [9.17, 15) is 0 Å². The number of rotatable bonds is 5. The highest BCUT2D eigenvalue weighted by atomic mass is 79.9. The number of halogens is 1. The fourth-order valence-electron chi connectivity index (χ4n) is 6.76. The summed E-state index contributed by atoms with van der Waals surface area (Å²) in [5.74, 6) is 0. The van der Waals surface area contributed by atoms with E-state index in [0.717, 1.165) is 38.4 Å². The van der Waals surface area contributed by atoms with E-state index in [2.05, 4.69) is 155 Å². The molecule has 7 aromatic rings. The average Bonchev–Trinajstić information content (AvgIpc) is 3.40. The molecule has 0 fully saturated rings. The first kappa shape index (κ1) is 26.5. The van der Waals surface area contributed by atoms with Crippen LogP contribution in [0.15, 0.2) is 168 Å². The van der Waals surface area contributed by atoms with Gasteiger partial charge in [-0.2, -0.15) is 0 Å². The summed E-state index contributed by atoms with van der Waals surface area (Å²) in [4.78, 5) is 9.84. The SMILES string of the molecule is Brc1cccc(-c2cc(-c3ccc4c(c3)C(c3ccccc3)(c3ccccc3)c3ccccc3-4)cc(-c3ccccc3)n2)n1. The molecule has 0 amide bonds. The van der Waals surface area contributed by atoms with Crippen LogP contribution in [0.1, 0.15) is 22.3 Å². The van der Waals surface area contributed by atoms with Crippen molar-refractivity contribution in [2.24, 2.45) is 0 Å². The number of fused-ring (bicyclic) bond motifs is 3. The average molecular weight is 628 g/mol. The number of benzene rings is 5. The van der Waals surface area contributed by atoms with Crippen molar-refractivity contribution >= 4 is 15.9 Å². The molecule has 8 rings (SSSR count). The molecule has 44 heavy (non-hydrogen) atoms. The Balaban J connectivity index is 1.40. The van der Waals surface area contributed by atoms with Gasteiger partial charge in [-0.25, -0.2) is 9.97 Å². The zero-order valence-corrected chi connectivity index (χ0v) is 25.4. The normalized spacial score (nSPS) is 12.8. The molecule has 0 radical (unpaired) electrons. The molecule has 0 bridgehead atoms. The Bertz CT molecular complexity index is 2080. The van der Waals surface area contributed by atoms with Crippen molar-refractivity contribution < 1.29 is 0 Å². The fraction of sp³-hybridized carbons (Fsp3) is 0.0244. The molecule has 0 N–H and O–H groups in total. The molecule has 3 heteroatoms. The Hall–Kier alpha value is -5.12. The van der Waals surface area contributed by atoms with Crippen LogP contribution in [-0.4, -0.2) is 9.97 Å². The Labute approximate surface area is 265 Å². The number of nitrogens with zero attached hydrogens (tertiary/aromatic N) is 2. The van der Waals surface area contributed by atoms with Gasteiger partial charge in [-0.1, -0.05) is 133 Å². The summed E-state index contributed by atoms with van der Waals surface area (Å²) < 4.78 is 0.786. The summed E-state index contributed by atoms with van der Waals surface area (Å²) in [6.07, 6.45) is 0. The minimum absolute atomic E-state index is 0.450. The third-order valence-corrected chi connectivity index (χ3v) is 9.11. The van der Waals surface area contributed by atoms with Crippen molar-refractivity contribution in [3.05, 3.63) is 191 Å². The van der Waals surface area contributed by atoms with E-state index in [1.807, 2.05) is 24.3 Å². The number of pyridine rings is 2. The first-order valence-corrected chi connectivity index (χ1v) is 15.6. The van der Waals surface area contributed by atoms with Crippen molar-refractivity contribution in [3.63, 3.8) is 0 Å². The van der Waals surface area contributed by atoms with Gasteiger partial charge in [0.1, 0.15) is 4.60 Å². The first-order valence-electron chi connectivity index (χ1n) is 14.8. The Morgan fingerprint density at radius 3 is 1.70 bits per heavy atom. The Morgan fingerprint density at radius 2 is 1.00 bits per heavy atom. The van der Waals surface area contributed by atoms with E-state index < -0.39 is 5.41 Å². The molecule has 0 aliphatic heterocycles. The summed E-state index contributed by atoms with van der Waals surface area (Å²) in [7, 11) is 0. The van der Waals surface area contributed by atoms with Crippen LogP contribution in [-0.2, 0) is 5.41 Å². The highest BCUT2D eigenvalue weighted by Crippen LogP contribution is 2.56. The van der Waals surface area contributed by atoms with Crippen LogP contribution >= 0.6 is 15.9 Å². The van der Waals surface area contributed by atoms with Crippen LogP contribution in [0.2, 0.25) is 0 Å². The minimum Gasteiger partial charge on any atom is -0.246 e. The standard InChI is InChI=1S/C41H27BrN2/c42-40-22-12-21-37(44-40)39-27-30(26-38(43-39)28-13-4-1-5-14-28)29-23-24-34-33-19-10-11-20-35(33)41(36(34)25-29,31-15-6-2-7-16-31)32-17-8-3-9-18-32/h1-27H. The second-order valence-corrected chi connectivity index (χ2v) is 11.9. The number of hydrogen-bond donors (Lipinski definition) is 0. The molecule has 0 unspecified atom stereocenters. The van der Waals surface area contributed by atoms with Crippen LogP contribution < -0.4 is 0 Å². The second kappa shape index (κ2) is 10.9. The van der Waals surface area contributed by atoms with Gasteiger partial charge in [0.2, 0.25) is 0 Å². The lowest BCUT2D eigenvalue weighted by molar-refractivity contribution is 0.769. The summed E-state index contributed by atoms with van der Waals surface area (Å²) in [5.41, 5.74) is 13.1. The van der Waals surface area contributed by atoms with Crippen molar-refractivity contribution in [2.45, 2.75) is 5.41 Å². The molecule has 0 atom stereocenters. The van der Waals surface area contributed by atoms with Gasteiger partial charge < -0.3 is 0 Å². The number of aromatic nitrogens is 2. The monoisotopic (exact) mass is 626 g/mol. The van der Waals surface area contributed by atoms with Gasteiger partial charge in [-0.3, -0.25) is 0 Å². The molecule has 5 aromatic carbocycles. The van der Waals surface area contributed by atoms with Crippen molar-refractivity contribution in [3.8, 4) is 44.9 Å². The zero-order chi connectivity index (χ0) is 29.5. The molecule has 208 valence electrons. The highest BCUT2D eigenvalue weighted by molar-refractivity contribution is 9.10. The second-order valence-electron chi connectivity index (χ2n) is 11.1. The maximum atomic E-state index is 5.09. The zero-order valence-electron chi connectivity index (χ0n) is 23.9. The molecule has 2 aromatic heterocycles. The van der Waals surface area contributed by atoms with E-state index in [0.29, 0.717) is 0 Å². The molecule has 0 saturated carbocycles. The Morgan fingerprint density at radius 1 is 0.386 bits per heavy atom. The quantitative estimate of drug-likeness (QED) is 0.178. The van der Waals surface area contributed by atoms with E-state index in [1.165, 1.54) is 33.4 Å². The molecule has 2 heterocycles. The predicted molar refractivity (Wildman–Crippen MR) is 183 cm³/mol. The maximum absolute atomic E-state index is 5.09. The third kappa shape index (κ3) is 4.32.